The van der Waals surface area contributed by atoms with Gasteiger partial charge in [0, 0.05) is 29.7 Å². The number of thiophene rings is 1. The molecule has 2 aromatic heterocycles. The summed E-state index contributed by atoms with van der Waals surface area (Å²) in [5, 5.41) is 4.82. The van der Waals surface area contributed by atoms with Gasteiger partial charge in [0.05, 0.1) is 10.6 Å². The lowest BCUT2D eigenvalue weighted by molar-refractivity contribution is 0.0996. The van der Waals surface area contributed by atoms with Crippen LogP contribution < -0.4 is 0 Å². The van der Waals surface area contributed by atoms with Crippen LogP contribution in [-0.2, 0) is 25.6 Å². The van der Waals surface area contributed by atoms with E-state index in [0.717, 1.165) is 34.1 Å². The van der Waals surface area contributed by atoms with Crippen molar-refractivity contribution in [3.05, 3.63) is 37.8 Å². The molecule has 0 saturated heterocycles. The molecule has 0 atom stereocenters. The van der Waals surface area contributed by atoms with Crippen LogP contribution in [0.3, 0.4) is 0 Å². The summed E-state index contributed by atoms with van der Waals surface area (Å²) in [5.74, 6) is 2.34. The van der Waals surface area contributed by atoms with Crippen LogP contribution in [0.5, 0.6) is 0 Å². The molecule has 3 rings (SSSR count). The Balaban J connectivity index is 1.84. The summed E-state index contributed by atoms with van der Waals surface area (Å²) >= 11 is 9.78. The summed E-state index contributed by atoms with van der Waals surface area (Å²) in [6, 6.07) is 2.06. The molecule has 0 unspecified atom stereocenters. The van der Waals surface area contributed by atoms with E-state index in [1.165, 1.54) is 10.4 Å². The summed E-state index contributed by atoms with van der Waals surface area (Å²) < 4.78 is 1.62. The highest BCUT2D eigenvalue weighted by Gasteiger charge is 2.20. The maximum atomic E-state index is 12.5. The van der Waals surface area contributed by atoms with E-state index >= 15 is 0 Å². The molecule has 0 bridgehead atoms. The number of carbonyl (C=O) groups is 1. The second kappa shape index (κ2) is 5.54. The number of aryl methyl sites for hydroxylation is 3. The fourth-order valence-electron chi connectivity index (χ4n) is 2.41. The zero-order valence-electron chi connectivity index (χ0n) is 11.4. The molecule has 0 aliphatic carbocycles. The van der Waals surface area contributed by atoms with E-state index in [2.05, 4.69) is 11.2 Å². The van der Waals surface area contributed by atoms with E-state index in [1.54, 1.807) is 23.1 Å². The molecule has 0 spiro atoms. The topological polar surface area (TPSA) is 34.9 Å². The Hall–Kier alpha value is -0.780. The van der Waals surface area contributed by atoms with Gasteiger partial charge in [-0.1, -0.05) is 11.6 Å². The highest BCUT2D eigenvalue weighted by Crippen LogP contribution is 2.32. The third-order valence-electron chi connectivity index (χ3n) is 3.51. The van der Waals surface area contributed by atoms with Crippen molar-refractivity contribution in [2.45, 2.75) is 25.5 Å². The van der Waals surface area contributed by atoms with Gasteiger partial charge in [-0.15, -0.1) is 11.3 Å². The average Bonchev–Trinajstić information content (AvgIpc) is 2.95. The molecule has 1 aliphatic rings. The molecule has 0 amide bonds. The van der Waals surface area contributed by atoms with Crippen molar-refractivity contribution in [2.75, 3.05) is 5.75 Å². The lowest BCUT2D eigenvalue weighted by Crippen LogP contribution is -2.02. The number of ketones is 1. The monoisotopic (exact) mass is 326 g/mol. The number of carbonyl (C=O) groups excluding carboxylic acids is 1. The number of thioether (sulfide) groups is 1. The van der Waals surface area contributed by atoms with Crippen LogP contribution in [0.15, 0.2) is 6.07 Å². The molecule has 2 aromatic rings. The van der Waals surface area contributed by atoms with Gasteiger partial charge in [-0.25, -0.2) is 0 Å². The zero-order chi connectivity index (χ0) is 14.3. The lowest BCUT2D eigenvalue weighted by atomic mass is 10.1. The maximum absolute atomic E-state index is 12.5. The quantitative estimate of drug-likeness (QED) is 0.807. The Morgan fingerprint density at radius 3 is 3.00 bits per heavy atom. The second-order valence-electron chi connectivity index (χ2n) is 4.94. The predicted molar refractivity (Wildman–Crippen MR) is 85.2 cm³/mol. The standard InChI is InChI=1S/C14H15ClN2OS2/c1-8-10(14(15)17(2)16-8)6-11(18)13-5-9-7-19-4-3-12(9)20-13/h5H,3-4,6-7H2,1-2H3. The molecular weight excluding hydrogens is 312 g/mol. The first-order valence-corrected chi connectivity index (χ1v) is 8.81. The Bertz CT molecular complexity index is 652. The predicted octanol–water partition coefficient (Wildman–Crippen LogP) is 3.66. The maximum Gasteiger partial charge on any atom is 0.177 e. The number of nitrogens with zero attached hydrogens (tertiary/aromatic N) is 2. The van der Waals surface area contributed by atoms with Crippen molar-refractivity contribution in [3.8, 4) is 0 Å². The smallest absolute Gasteiger partial charge is 0.177 e. The highest BCUT2D eigenvalue weighted by atomic mass is 35.5. The number of halogens is 1. The summed E-state index contributed by atoms with van der Waals surface area (Å²) in [6.07, 6.45) is 1.43. The van der Waals surface area contributed by atoms with E-state index in [1.807, 2.05) is 18.7 Å². The number of hydrogen-bond donors (Lipinski definition) is 0. The van der Waals surface area contributed by atoms with Gasteiger partial charge >= 0.3 is 0 Å². The third-order valence-corrected chi connectivity index (χ3v) is 6.27. The first-order valence-electron chi connectivity index (χ1n) is 6.46. The van der Waals surface area contributed by atoms with Gasteiger partial charge in [-0.05, 0) is 30.7 Å². The molecule has 0 fully saturated rings. The van der Waals surface area contributed by atoms with Gasteiger partial charge in [-0.3, -0.25) is 9.48 Å². The fraction of sp³-hybridized carbons (Fsp3) is 0.429. The molecule has 6 heteroatoms. The second-order valence-corrected chi connectivity index (χ2v) is 7.54. The van der Waals surface area contributed by atoms with Crippen LogP contribution in [-0.4, -0.2) is 21.3 Å². The van der Waals surface area contributed by atoms with Crippen molar-refractivity contribution < 1.29 is 4.79 Å². The van der Waals surface area contributed by atoms with Crippen molar-refractivity contribution in [1.29, 1.82) is 0 Å². The molecule has 1 aliphatic heterocycles. The SMILES string of the molecule is Cc1nn(C)c(Cl)c1CC(=O)c1cc2c(s1)CCSC2. The van der Waals surface area contributed by atoms with E-state index < -0.39 is 0 Å². The molecular formula is C14H15ClN2OS2. The summed E-state index contributed by atoms with van der Waals surface area (Å²) in [6.45, 7) is 1.89. The van der Waals surface area contributed by atoms with Crippen LogP contribution in [0.2, 0.25) is 5.15 Å². The molecule has 0 saturated carbocycles. The van der Waals surface area contributed by atoms with E-state index in [9.17, 15) is 4.79 Å². The van der Waals surface area contributed by atoms with Gasteiger partial charge < -0.3 is 0 Å². The third kappa shape index (κ3) is 2.54. The normalized spacial score (nSPS) is 14.3. The van der Waals surface area contributed by atoms with Gasteiger partial charge in [0.25, 0.3) is 0 Å². The Kier molecular flexibility index (Phi) is 3.93. The Labute approximate surface area is 131 Å². The first kappa shape index (κ1) is 14.2. The molecule has 3 heterocycles. The van der Waals surface area contributed by atoms with Crippen LogP contribution >= 0.6 is 34.7 Å². The van der Waals surface area contributed by atoms with Crippen LogP contribution in [0.1, 0.15) is 31.4 Å². The molecule has 0 N–H and O–H groups in total. The van der Waals surface area contributed by atoms with E-state index in [4.69, 9.17) is 11.6 Å². The van der Waals surface area contributed by atoms with Crippen LogP contribution in [0.4, 0.5) is 0 Å². The number of fused-ring (bicyclic) bond motifs is 1. The highest BCUT2D eigenvalue weighted by molar-refractivity contribution is 7.98. The fourth-order valence-corrected chi connectivity index (χ4v) is 4.96. The van der Waals surface area contributed by atoms with Crippen LogP contribution in [0.25, 0.3) is 0 Å². The summed E-state index contributed by atoms with van der Waals surface area (Å²) in [5.41, 5.74) is 3.02. The Morgan fingerprint density at radius 1 is 1.55 bits per heavy atom. The molecule has 3 nitrogen and oxygen atoms in total. The van der Waals surface area contributed by atoms with Crippen molar-refractivity contribution >= 4 is 40.5 Å². The minimum Gasteiger partial charge on any atom is -0.293 e. The first-order chi connectivity index (χ1) is 9.56. The van der Waals surface area contributed by atoms with Gasteiger partial charge in [0.1, 0.15) is 5.15 Å². The molecule has 106 valence electrons. The largest absolute Gasteiger partial charge is 0.293 e. The molecule has 0 radical (unpaired) electrons. The van der Waals surface area contributed by atoms with Crippen molar-refractivity contribution in [3.63, 3.8) is 0 Å². The van der Waals surface area contributed by atoms with Crippen molar-refractivity contribution in [2.24, 2.45) is 7.05 Å². The number of aromatic nitrogens is 2. The van der Waals surface area contributed by atoms with Crippen LogP contribution in [0, 0.1) is 6.92 Å². The summed E-state index contributed by atoms with van der Waals surface area (Å²) in [4.78, 5) is 14.7. The minimum absolute atomic E-state index is 0.146. The summed E-state index contributed by atoms with van der Waals surface area (Å²) in [7, 11) is 1.80. The average molecular weight is 327 g/mol. The Morgan fingerprint density at radius 2 is 2.35 bits per heavy atom. The van der Waals surface area contributed by atoms with Gasteiger partial charge in [-0.2, -0.15) is 16.9 Å². The van der Waals surface area contributed by atoms with E-state index in [0.29, 0.717) is 11.6 Å². The molecule has 0 aromatic carbocycles. The zero-order valence-corrected chi connectivity index (χ0v) is 13.8. The minimum atomic E-state index is 0.146. The molecule has 20 heavy (non-hydrogen) atoms. The van der Waals surface area contributed by atoms with Gasteiger partial charge in [0.2, 0.25) is 0 Å². The number of hydrogen-bond acceptors (Lipinski definition) is 4. The van der Waals surface area contributed by atoms with E-state index in [-0.39, 0.29) is 5.78 Å². The van der Waals surface area contributed by atoms with Crippen molar-refractivity contribution in [1.82, 2.24) is 9.78 Å². The number of Topliss-reactive ketones (excluding diaryl/α,β-unsaturated/α-hetero) is 1. The van der Waals surface area contributed by atoms with Gasteiger partial charge in [0.15, 0.2) is 5.78 Å². The lowest BCUT2D eigenvalue weighted by Gasteiger charge is -2.08. The number of rotatable bonds is 3.